The number of benzene rings is 1. The maximum absolute atomic E-state index is 13.3. The van der Waals surface area contributed by atoms with E-state index in [1.165, 1.54) is 18.6 Å². The molecule has 0 amide bonds. The predicted molar refractivity (Wildman–Crippen MR) is 70.7 cm³/mol. The van der Waals surface area contributed by atoms with Crippen molar-refractivity contribution in [1.29, 1.82) is 5.26 Å². The van der Waals surface area contributed by atoms with E-state index in [0.717, 1.165) is 19.3 Å². The Morgan fingerprint density at radius 1 is 1.32 bits per heavy atom. The van der Waals surface area contributed by atoms with Gasteiger partial charge in [0.05, 0.1) is 24.3 Å². The lowest BCUT2D eigenvalue weighted by Crippen LogP contribution is -2.33. The van der Waals surface area contributed by atoms with E-state index in [-0.39, 0.29) is 6.10 Å². The number of nitrogens with two attached hydrogens (primary N) is 1. The van der Waals surface area contributed by atoms with Crippen LogP contribution in [0.15, 0.2) is 18.2 Å². The highest BCUT2D eigenvalue weighted by atomic mass is 19.1. The predicted octanol–water partition coefficient (Wildman–Crippen LogP) is 2.73. The SMILES string of the molecule is N#Cc1cc(F)cc(COC2CCCCC2CN)c1. The van der Waals surface area contributed by atoms with E-state index < -0.39 is 5.82 Å². The molecule has 2 rings (SSSR count). The maximum Gasteiger partial charge on any atom is 0.124 e. The van der Waals surface area contributed by atoms with E-state index in [9.17, 15) is 4.39 Å². The molecule has 1 fully saturated rings. The van der Waals surface area contributed by atoms with Crippen LogP contribution in [0.2, 0.25) is 0 Å². The Kier molecular flexibility index (Phi) is 4.89. The van der Waals surface area contributed by atoms with Crippen LogP contribution in [0.3, 0.4) is 0 Å². The van der Waals surface area contributed by atoms with Crippen LogP contribution in [-0.4, -0.2) is 12.6 Å². The molecule has 102 valence electrons. The number of hydrogen-bond acceptors (Lipinski definition) is 3. The van der Waals surface area contributed by atoms with E-state index in [0.29, 0.717) is 30.2 Å². The maximum atomic E-state index is 13.3. The highest BCUT2D eigenvalue weighted by Gasteiger charge is 2.24. The van der Waals surface area contributed by atoms with Gasteiger partial charge in [0.1, 0.15) is 5.82 Å². The molecule has 0 bridgehead atoms. The van der Waals surface area contributed by atoms with E-state index >= 15 is 0 Å². The summed E-state index contributed by atoms with van der Waals surface area (Å²) in [6, 6.07) is 6.27. The third-order valence-corrected chi connectivity index (χ3v) is 3.69. The molecule has 0 heterocycles. The molecule has 2 unspecified atom stereocenters. The monoisotopic (exact) mass is 262 g/mol. The van der Waals surface area contributed by atoms with Crippen molar-refractivity contribution in [1.82, 2.24) is 0 Å². The fourth-order valence-electron chi connectivity index (χ4n) is 2.66. The van der Waals surface area contributed by atoms with E-state index in [4.69, 9.17) is 15.7 Å². The minimum absolute atomic E-state index is 0.160. The summed E-state index contributed by atoms with van der Waals surface area (Å²) in [5.41, 5.74) is 6.79. The van der Waals surface area contributed by atoms with Crippen LogP contribution in [0.25, 0.3) is 0 Å². The minimum atomic E-state index is -0.392. The zero-order valence-electron chi connectivity index (χ0n) is 10.9. The van der Waals surface area contributed by atoms with Gasteiger partial charge in [0.25, 0.3) is 0 Å². The first-order valence-electron chi connectivity index (χ1n) is 6.74. The van der Waals surface area contributed by atoms with E-state index in [1.54, 1.807) is 6.07 Å². The molecule has 1 aromatic carbocycles. The quantitative estimate of drug-likeness (QED) is 0.907. The summed E-state index contributed by atoms with van der Waals surface area (Å²) in [4.78, 5) is 0. The average Bonchev–Trinajstić information content (AvgIpc) is 2.44. The molecular weight excluding hydrogens is 243 g/mol. The van der Waals surface area contributed by atoms with Crippen LogP contribution in [0.4, 0.5) is 4.39 Å². The summed E-state index contributed by atoms with van der Waals surface area (Å²) < 4.78 is 19.2. The van der Waals surface area contributed by atoms with Gasteiger partial charge in [-0.15, -0.1) is 0 Å². The van der Waals surface area contributed by atoms with Gasteiger partial charge in [-0.1, -0.05) is 12.8 Å². The molecule has 4 heteroatoms. The largest absolute Gasteiger partial charge is 0.373 e. The van der Waals surface area contributed by atoms with Crippen LogP contribution in [0.5, 0.6) is 0 Å². The number of hydrogen-bond donors (Lipinski definition) is 1. The first kappa shape index (κ1) is 14.0. The summed E-state index contributed by atoms with van der Waals surface area (Å²) in [5.74, 6) is 0.00872. The molecule has 1 saturated carbocycles. The number of rotatable bonds is 4. The van der Waals surface area contributed by atoms with Crippen LogP contribution in [0, 0.1) is 23.1 Å². The number of halogens is 1. The Labute approximate surface area is 113 Å². The van der Waals surface area contributed by atoms with Crippen LogP contribution >= 0.6 is 0 Å². The fourth-order valence-corrected chi connectivity index (χ4v) is 2.66. The zero-order chi connectivity index (χ0) is 13.7. The van der Waals surface area contributed by atoms with Gasteiger partial charge in [0.15, 0.2) is 0 Å². The molecule has 0 spiro atoms. The molecule has 0 aliphatic heterocycles. The molecule has 3 nitrogen and oxygen atoms in total. The standard InChI is InChI=1S/C15H19FN2O/c16-14-6-11(8-17)5-12(7-14)10-19-15-4-2-1-3-13(15)9-18/h5-7,13,15H,1-4,9-10,18H2. The van der Waals surface area contributed by atoms with Gasteiger partial charge in [-0.2, -0.15) is 5.26 Å². The Bertz CT molecular complexity index is 470. The van der Waals surface area contributed by atoms with Crippen molar-refractivity contribution in [3.63, 3.8) is 0 Å². The van der Waals surface area contributed by atoms with Gasteiger partial charge in [-0.3, -0.25) is 0 Å². The van der Waals surface area contributed by atoms with Crippen molar-refractivity contribution >= 4 is 0 Å². The van der Waals surface area contributed by atoms with E-state index in [1.807, 2.05) is 6.07 Å². The first-order chi connectivity index (χ1) is 9.22. The van der Waals surface area contributed by atoms with Crippen molar-refractivity contribution < 1.29 is 9.13 Å². The zero-order valence-corrected chi connectivity index (χ0v) is 10.9. The smallest absolute Gasteiger partial charge is 0.124 e. The average molecular weight is 262 g/mol. The summed E-state index contributed by atoms with van der Waals surface area (Å²) in [7, 11) is 0. The molecular formula is C15H19FN2O. The topological polar surface area (TPSA) is 59.0 Å². The molecule has 2 N–H and O–H groups in total. The third-order valence-electron chi connectivity index (χ3n) is 3.69. The van der Waals surface area contributed by atoms with Crippen molar-refractivity contribution in [3.8, 4) is 6.07 Å². The Balaban J connectivity index is 1.98. The van der Waals surface area contributed by atoms with Gasteiger partial charge in [-0.25, -0.2) is 4.39 Å². The normalized spacial score (nSPS) is 23.0. The fraction of sp³-hybridized carbons (Fsp3) is 0.533. The number of nitriles is 1. The summed E-state index contributed by atoms with van der Waals surface area (Å²) >= 11 is 0. The van der Waals surface area contributed by atoms with Gasteiger partial charge >= 0.3 is 0 Å². The summed E-state index contributed by atoms with van der Waals surface area (Å²) in [6.45, 7) is 0.977. The highest BCUT2D eigenvalue weighted by molar-refractivity contribution is 5.33. The van der Waals surface area contributed by atoms with Crippen LogP contribution in [-0.2, 0) is 11.3 Å². The van der Waals surface area contributed by atoms with Crippen molar-refractivity contribution in [2.24, 2.45) is 11.7 Å². The lowest BCUT2D eigenvalue weighted by Gasteiger charge is -2.30. The summed E-state index contributed by atoms with van der Waals surface area (Å²) in [5, 5.41) is 8.81. The highest BCUT2D eigenvalue weighted by Crippen LogP contribution is 2.27. The van der Waals surface area contributed by atoms with Crippen molar-refractivity contribution in [3.05, 3.63) is 35.1 Å². The second kappa shape index (κ2) is 6.65. The molecule has 0 aromatic heterocycles. The minimum Gasteiger partial charge on any atom is -0.373 e. The summed E-state index contributed by atoms with van der Waals surface area (Å²) in [6.07, 6.45) is 4.65. The second-order valence-corrected chi connectivity index (χ2v) is 5.09. The van der Waals surface area contributed by atoms with Crippen molar-refractivity contribution in [2.75, 3.05) is 6.54 Å². The Morgan fingerprint density at radius 2 is 2.11 bits per heavy atom. The number of ether oxygens (including phenoxy) is 1. The van der Waals surface area contributed by atoms with Crippen LogP contribution < -0.4 is 5.73 Å². The lowest BCUT2D eigenvalue weighted by atomic mass is 9.86. The molecule has 0 radical (unpaired) electrons. The Hall–Kier alpha value is -1.44. The molecule has 19 heavy (non-hydrogen) atoms. The molecule has 2 atom stereocenters. The number of nitrogens with zero attached hydrogens (tertiary/aromatic N) is 1. The third kappa shape index (κ3) is 3.76. The lowest BCUT2D eigenvalue weighted by molar-refractivity contribution is -0.0183. The van der Waals surface area contributed by atoms with Crippen LogP contribution in [0.1, 0.15) is 36.8 Å². The molecule has 1 aliphatic carbocycles. The second-order valence-electron chi connectivity index (χ2n) is 5.09. The molecule has 0 saturated heterocycles. The molecule has 1 aliphatic rings. The molecule has 1 aromatic rings. The van der Waals surface area contributed by atoms with Gasteiger partial charge in [0, 0.05) is 0 Å². The van der Waals surface area contributed by atoms with Gasteiger partial charge < -0.3 is 10.5 Å². The van der Waals surface area contributed by atoms with E-state index in [2.05, 4.69) is 0 Å². The first-order valence-corrected chi connectivity index (χ1v) is 6.74. The Morgan fingerprint density at radius 3 is 2.84 bits per heavy atom. The van der Waals surface area contributed by atoms with Crippen molar-refractivity contribution in [2.45, 2.75) is 38.4 Å². The van der Waals surface area contributed by atoms with Gasteiger partial charge in [0.2, 0.25) is 0 Å². The van der Waals surface area contributed by atoms with Gasteiger partial charge in [-0.05, 0) is 49.1 Å².